The van der Waals surface area contributed by atoms with Gasteiger partial charge in [0.05, 0.1) is 10.6 Å². The summed E-state index contributed by atoms with van der Waals surface area (Å²) in [4.78, 5) is 52.8. The summed E-state index contributed by atoms with van der Waals surface area (Å²) in [7, 11) is -4.29. The third kappa shape index (κ3) is 7.81. The molecule has 47 heavy (non-hydrogen) atoms. The molecule has 0 saturated heterocycles. The number of nitrogens with zero attached hydrogens (tertiary/aromatic N) is 3. The largest absolute Gasteiger partial charge is 0.480 e. The molecule has 0 saturated carbocycles. The van der Waals surface area contributed by atoms with Crippen molar-refractivity contribution in [1.82, 2.24) is 19.6 Å². The maximum atomic E-state index is 14.0. The van der Waals surface area contributed by atoms with Gasteiger partial charge < -0.3 is 20.3 Å². The molecule has 0 bridgehead atoms. The van der Waals surface area contributed by atoms with E-state index in [1.165, 1.54) is 11.1 Å². The average molecular weight is 657 g/mol. The van der Waals surface area contributed by atoms with Gasteiger partial charge in [-0.15, -0.1) is 0 Å². The maximum Gasteiger partial charge on any atom is 0.323 e. The number of amides is 1. The van der Waals surface area contributed by atoms with Gasteiger partial charge in [-0.1, -0.05) is 54.1 Å². The number of aromatic amines is 1. The molecule has 3 aromatic carbocycles. The summed E-state index contributed by atoms with van der Waals surface area (Å²) in [5.41, 5.74) is 4.21. The molecule has 2 heterocycles. The number of hydrogen-bond donors (Lipinski definition) is 4. The molecule has 2 unspecified atom stereocenters. The number of rotatable bonds is 13. The van der Waals surface area contributed by atoms with Gasteiger partial charge in [0.2, 0.25) is 15.9 Å². The fourth-order valence-electron chi connectivity index (χ4n) is 5.74. The first kappa shape index (κ1) is 33.2. The number of H-pyrrole nitrogens is 1. The Kier molecular flexibility index (Phi) is 9.97. The van der Waals surface area contributed by atoms with Gasteiger partial charge in [0.1, 0.15) is 12.0 Å². The molecule has 4 N–H and O–H groups in total. The number of fused-ring (bicyclic) bond motifs is 1. The first-order valence-corrected chi connectivity index (χ1v) is 16.5. The quantitative estimate of drug-likeness (QED) is 0.157. The summed E-state index contributed by atoms with van der Waals surface area (Å²) in [6, 6.07) is 16.1. The highest BCUT2D eigenvalue weighted by atomic mass is 32.2. The lowest BCUT2D eigenvalue weighted by atomic mass is 9.92. The number of carbonyl (C=O) groups excluding carboxylic acids is 2. The molecule has 0 fully saturated rings. The van der Waals surface area contributed by atoms with Crippen molar-refractivity contribution in [3.63, 3.8) is 0 Å². The second kappa shape index (κ2) is 14.1. The van der Waals surface area contributed by atoms with Crippen LogP contribution in [0.4, 0.5) is 11.6 Å². The third-order valence-electron chi connectivity index (χ3n) is 7.89. The van der Waals surface area contributed by atoms with Gasteiger partial charge in [-0.05, 0) is 61.6 Å². The van der Waals surface area contributed by atoms with Gasteiger partial charge in [0, 0.05) is 43.8 Å². The zero-order valence-electron chi connectivity index (χ0n) is 26.2. The van der Waals surface area contributed by atoms with Gasteiger partial charge in [-0.3, -0.25) is 19.4 Å². The lowest BCUT2D eigenvalue weighted by Crippen LogP contribution is -2.52. The smallest absolute Gasteiger partial charge is 0.323 e. The minimum atomic E-state index is -4.29. The van der Waals surface area contributed by atoms with Crippen LogP contribution in [0.15, 0.2) is 82.9 Å². The van der Waals surface area contributed by atoms with Crippen LogP contribution in [0.3, 0.4) is 0 Å². The Hall–Kier alpha value is -5.14. The van der Waals surface area contributed by atoms with Crippen LogP contribution in [-0.4, -0.2) is 71.4 Å². The number of anilines is 1. The first-order chi connectivity index (χ1) is 22.4. The minimum absolute atomic E-state index is 0.0126. The van der Waals surface area contributed by atoms with Crippen molar-refractivity contribution in [2.45, 2.75) is 44.7 Å². The van der Waals surface area contributed by atoms with Gasteiger partial charge in [0.25, 0.3) is 0 Å². The number of ketones is 1. The number of nitrogens with one attached hydrogen (secondary N) is 3. The number of carboxylic acid groups (broad SMARTS) is 1. The van der Waals surface area contributed by atoms with Gasteiger partial charge in [0.15, 0.2) is 11.7 Å². The lowest BCUT2D eigenvalue weighted by molar-refractivity contribution is -0.140. The van der Waals surface area contributed by atoms with E-state index in [4.69, 9.17) is 0 Å². The van der Waals surface area contributed by atoms with Gasteiger partial charge >= 0.3 is 5.97 Å². The summed E-state index contributed by atoms with van der Waals surface area (Å²) in [6.07, 6.45) is 4.93. The Morgan fingerprint density at radius 1 is 1.02 bits per heavy atom. The standard InChI is InChI=1S/C34H36N6O6S/c1-21-15-22(2)31(23(3)16-21)47(45,46)39-29(33(43)44)20-40(14-11-24-7-5-4-6-8-24)32(42)27-19-37-28-17-25(9-10-26(28)30(27)41)18-38-34-35-12-13-36-34/h4-10,12-13,15-17,19,27,29,39H,11,14,18,20H2,1-3H3,(H,43,44)(H2,35,36,38). The molecule has 1 aliphatic rings. The maximum absolute atomic E-state index is 14.0. The molecule has 2 atom stereocenters. The van der Waals surface area contributed by atoms with Crippen molar-refractivity contribution < 1.29 is 27.9 Å². The normalized spacial score (nSPS) is 14.8. The van der Waals surface area contributed by atoms with Crippen LogP contribution in [0.5, 0.6) is 0 Å². The Morgan fingerprint density at radius 3 is 2.40 bits per heavy atom. The number of hydrogen-bond acceptors (Lipinski definition) is 8. The van der Waals surface area contributed by atoms with Crippen LogP contribution in [0.2, 0.25) is 0 Å². The summed E-state index contributed by atoms with van der Waals surface area (Å²) in [5.74, 6) is -3.32. The third-order valence-corrected chi connectivity index (χ3v) is 9.67. The van der Waals surface area contributed by atoms with Crippen LogP contribution in [-0.2, 0) is 32.6 Å². The zero-order chi connectivity index (χ0) is 33.7. The molecule has 0 aliphatic carbocycles. The van der Waals surface area contributed by atoms with Crippen molar-refractivity contribution >= 4 is 45.5 Å². The zero-order valence-corrected chi connectivity index (χ0v) is 27.0. The van der Waals surface area contributed by atoms with E-state index in [2.05, 4.69) is 25.0 Å². The van der Waals surface area contributed by atoms with Gasteiger partial charge in [-0.25, -0.2) is 13.4 Å². The number of carbonyl (C=O) groups is 3. The van der Waals surface area contributed by atoms with Crippen LogP contribution in [0.25, 0.3) is 0 Å². The second-order valence-corrected chi connectivity index (χ2v) is 13.2. The fourth-order valence-corrected chi connectivity index (χ4v) is 7.37. The summed E-state index contributed by atoms with van der Waals surface area (Å²) in [6.45, 7) is 5.08. The molecular formula is C34H36N6O6S. The van der Waals surface area contributed by atoms with Crippen LogP contribution in [0.1, 0.15) is 38.2 Å². The number of aryl methyl sites for hydroxylation is 3. The number of carboxylic acids is 1. The monoisotopic (exact) mass is 656 g/mol. The molecule has 0 radical (unpaired) electrons. The summed E-state index contributed by atoms with van der Waals surface area (Å²) in [5, 5.41) is 13.3. The number of benzene rings is 3. The van der Waals surface area contributed by atoms with Crippen molar-refractivity contribution in [2.75, 3.05) is 18.4 Å². The van der Waals surface area contributed by atoms with E-state index in [0.717, 1.165) is 16.7 Å². The number of sulfonamides is 1. The minimum Gasteiger partial charge on any atom is -0.480 e. The van der Waals surface area contributed by atoms with E-state index in [-0.39, 0.29) is 17.0 Å². The molecule has 1 amide bonds. The highest BCUT2D eigenvalue weighted by Gasteiger charge is 2.37. The van der Waals surface area contributed by atoms with Gasteiger partial charge in [-0.2, -0.15) is 4.72 Å². The predicted octanol–water partition coefficient (Wildman–Crippen LogP) is 3.96. The lowest BCUT2D eigenvalue weighted by Gasteiger charge is -2.29. The number of aliphatic imine (C=N–C) groups is 1. The molecule has 1 aliphatic heterocycles. The molecule has 5 rings (SSSR count). The van der Waals surface area contributed by atoms with Crippen molar-refractivity contribution in [3.05, 3.63) is 106 Å². The molecule has 12 nitrogen and oxygen atoms in total. The van der Waals surface area contributed by atoms with Crippen LogP contribution in [0, 0.1) is 26.7 Å². The molecular weight excluding hydrogens is 620 g/mol. The van der Waals surface area contributed by atoms with E-state index in [0.29, 0.717) is 35.7 Å². The topological polar surface area (TPSA) is 174 Å². The SMILES string of the molecule is Cc1cc(C)c(S(=O)(=O)NC(CN(CCc2ccccc2)C(=O)C2C=Nc3cc(CNc4ncc[nH]4)ccc3C2=O)C(=O)O)c(C)c1. The Bertz CT molecular complexity index is 1900. The number of Topliss-reactive ketones (excluding diaryl/α,β-unsaturated/α-hetero) is 1. The van der Waals surface area contributed by atoms with E-state index < -0.39 is 46.2 Å². The average Bonchev–Trinajstić information content (AvgIpc) is 3.55. The predicted molar refractivity (Wildman–Crippen MR) is 177 cm³/mol. The highest BCUT2D eigenvalue weighted by molar-refractivity contribution is 7.89. The van der Waals surface area contributed by atoms with E-state index in [1.54, 1.807) is 56.6 Å². The first-order valence-electron chi connectivity index (χ1n) is 15.0. The molecule has 0 spiro atoms. The van der Waals surface area contributed by atoms with E-state index in [9.17, 15) is 27.9 Å². The van der Waals surface area contributed by atoms with Crippen LogP contribution < -0.4 is 10.0 Å². The van der Waals surface area contributed by atoms with Crippen LogP contribution >= 0.6 is 0 Å². The number of aliphatic carboxylic acids is 1. The fraction of sp³-hybridized carbons (Fsp3) is 0.265. The highest BCUT2D eigenvalue weighted by Crippen LogP contribution is 2.29. The number of aromatic nitrogens is 2. The summed E-state index contributed by atoms with van der Waals surface area (Å²) >= 11 is 0. The van der Waals surface area contributed by atoms with E-state index >= 15 is 0 Å². The van der Waals surface area contributed by atoms with Crippen molar-refractivity contribution in [2.24, 2.45) is 10.9 Å². The van der Waals surface area contributed by atoms with E-state index in [1.807, 2.05) is 37.3 Å². The molecule has 13 heteroatoms. The Labute approximate surface area is 273 Å². The van der Waals surface area contributed by atoms with Crippen molar-refractivity contribution in [1.29, 1.82) is 0 Å². The Balaban J connectivity index is 1.38. The van der Waals surface area contributed by atoms with Crippen molar-refractivity contribution in [3.8, 4) is 0 Å². The molecule has 1 aromatic heterocycles. The summed E-state index contributed by atoms with van der Waals surface area (Å²) < 4.78 is 29.3. The molecule has 4 aromatic rings. The Morgan fingerprint density at radius 2 is 1.74 bits per heavy atom. The number of imidazole rings is 1. The molecule has 244 valence electrons. The second-order valence-electron chi connectivity index (χ2n) is 11.5.